The fraction of sp³-hybridized carbons (Fsp3) is 0.176. The molecule has 28 heavy (non-hydrogen) atoms. The summed E-state index contributed by atoms with van der Waals surface area (Å²) in [6, 6.07) is 8.86. The molecule has 1 amide bonds. The summed E-state index contributed by atoms with van der Waals surface area (Å²) < 4.78 is 30.1. The highest BCUT2D eigenvalue weighted by atomic mass is 79.9. The van der Waals surface area contributed by atoms with Gasteiger partial charge in [0.15, 0.2) is 16.4 Å². The molecule has 1 N–H and O–H groups in total. The summed E-state index contributed by atoms with van der Waals surface area (Å²) in [7, 11) is -3.84. The van der Waals surface area contributed by atoms with E-state index >= 15 is 0 Å². The number of amides is 1. The van der Waals surface area contributed by atoms with E-state index in [1.54, 1.807) is 18.2 Å². The number of rotatable bonds is 7. The number of carbonyl (C=O) groups is 2. The second kappa shape index (κ2) is 9.93. The van der Waals surface area contributed by atoms with Crippen LogP contribution in [0.15, 0.2) is 45.8 Å². The van der Waals surface area contributed by atoms with Crippen molar-refractivity contribution in [3.8, 4) is 0 Å². The zero-order valence-corrected chi connectivity index (χ0v) is 18.7. The van der Waals surface area contributed by atoms with Gasteiger partial charge < -0.3 is 10.1 Å². The van der Waals surface area contributed by atoms with Gasteiger partial charge in [0.05, 0.1) is 32.8 Å². The molecule has 0 aliphatic carbocycles. The average molecular weight is 530 g/mol. The van der Waals surface area contributed by atoms with E-state index in [4.69, 9.17) is 39.5 Å². The Morgan fingerprint density at radius 2 is 1.75 bits per heavy atom. The van der Waals surface area contributed by atoms with Crippen LogP contribution in [-0.2, 0) is 24.2 Å². The third kappa shape index (κ3) is 6.63. The second-order valence-electron chi connectivity index (χ2n) is 5.48. The highest BCUT2D eigenvalue weighted by Crippen LogP contribution is 2.27. The van der Waals surface area contributed by atoms with Crippen molar-refractivity contribution in [2.75, 3.05) is 17.7 Å². The van der Waals surface area contributed by atoms with Crippen molar-refractivity contribution < 1.29 is 22.7 Å². The first-order valence-electron chi connectivity index (χ1n) is 7.67. The molecule has 0 bridgehead atoms. The molecular weight excluding hydrogens is 517 g/mol. The van der Waals surface area contributed by atoms with Crippen molar-refractivity contribution >= 4 is 78.1 Å². The van der Waals surface area contributed by atoms with Crippen molar-refractivity contribution in [3.05, 3.63) is 55.9 Å². The number of benzene rings is 2. The highest BCUT2D eigenvalue weighted by Gasteiger charge is 2.21. The number of hydrogen-bond donors (Lipinski definition) is 1. The second-order valence-corrected chi connectivity index (χ2v) is 9.72. The van der Waals surface area contributed by atoms with Crippen LogP contribution in [0.5, 0.6) is 0 Å². The van der Waals surface area contributed by atoms with Gasteiger partial charge in [-0.05, 0) is 36.4 Å². The molecule has 0 aliphatic heterocycles. The maximum Gasteiger partial charge on any atom is 0.307 e. The Balaban J connectivity index is 1.86. The molecule has 0 aromatic heterocycles. The van der Waals surface area contributed by atoms with Crippen LogP contribution in [0.25, 0.3) is 0 Å². The summed E-state index contributed by atoms with van der Waals surface area (Å²) in [5.41, 5.74) is 0.351. The van der Waals surface area contributed by atoms with Gasteiger partial charge in [-0.3, -0.25) is 9.59 Å². The molecule has 0 aliphatic rings. The number of ether oxygens (including phenoxy) is 1. The van der Waals surface area contributed by atoms with Gasteiger partial charge >= 0.3 is 5.97 Å². The van der Waals surface area contributed by atoms with E-state index in [0.29, 0.717) is 10.7 Å². The molecule has 2 aromatic carbocycles. The molecule has 11 heteroatoms. The summed E-state index contributed by atoms with van der Waals surface area (Å²) in [5, 5.41) is 3.00. The lowest BCUT2D eigenvalue weighted by Gasteiger charge is -2.09. The van der Waals surface area contributed by atoms with E-state index in [0.717, 1.165) is 4.47 Å². The predicted molar refractivity (Wildman–Crippen MR) is 112 cm³/mol. The number of anilines is 1. The van der Waals surface area contributed by atoms with Crippen molar-refractivity contribution in [3.63, 3.8) is 0 Å². The summed E-state index contributed by atoms with van der Waals surface area (Å²) >= 11 is 20.9. The standard InChI is InChI=1S/C17H13BrCl3NO5S/c18-10-1-4-14(13(21)7-10)22-16(23)9-27-17(24)5-6-28(25,26)15-8-11(19)2-3-12(15)20/h1-4,7-8H,5-6,9H2,(H,22,23). The van der Waals surface area contributed by atoms with Crippen LogP contribution in [0.2, 0.25) is 15.1 Å². The first kappa shape index (κ1) is 23.0. The molecule has 0 fully saturated rings. The lowest BCUT2D eigenvalue weighted by atomic mass is 10.3. The Bertz CT molecular complexity index is 1010. The van der Waals surface area contributed by atoms with Crippen LogP contribution in [0.1, 0.15) is 6.42 Å². The average Bonchev–Trinajstić information content (AvgIpc) is 2.62. The fourth-order valence-corrected chi connectivity index (χ4v) is 4.79. The van der Waals surface area contributed by atoms with Gasteiger partial charge in [-0.25, -0.2) is 8.42 Å². The molecule has 150 valence electrons. The van der Waals surface area contributed by atoms with Gasteiger partial charge in [0.1, 0.15) is 0 Å². The number of hydrogen-bond acceptors (Lipinski definition) is 5. The SMILES string of the molecule is O=C(COC(=O)CCS(=O)(=O)c1cc(Cl)ccc1Cl)Nc1ccc(Br)cc1Cl. The van der Waals surface area contributed by atoms with Gasteiger partial charge in [-0.2, -0.15) is 0 Å². The summed E-state index contributed by atoms with van der Waals surface area (Å²) in [6.45, 7) is -0.580. The Morgan fingerprint density at radius 3 is 2.43 bits per heavy atom. The largest absolute Gasteiger partial charge is 0.456 e. The first-order valence-corrected chi connectivity index (χ1v) is 11.2. The summed E-state index contributed by atoms with van der Waals surface area (Å²) in [4.78, 5) is 23.5. The normalized spacial score (nSPS) is 11.1. The Hall–Kier alpha value is -1.32. The van der Waals surface area contributed by atoms with E-state index in [1.807, 2.05) is 0 Å². The molecule has 6 nitrogen and oxygen atoms in total. The van der Waals surface area contributed by atoms with Crippen LogP contribution in [-0.4, -0.2) is 32.7 Å². The van der Waals surface area contributed by atoms with Gasteiger partial charge in [0, 0.05) is 9.50 Å². The third-order valence-corrected chi connectivity index (χ3v) is 6.60. The van der Waals surface area contributed by atoms with Crippen molar-refractivity contribution in [2.45, 2.75) is 11.3 Å². The molecule has 0 unspecified atom stereocenters. The van der Waals surface area contributed by atoms with Crippen molar-refractivity contribution in [1.82, 2.24) is 0 Å². The maximum atomic E-state index is 12.3. The summed E-state index contributed by atoms with van der Waals surface area (Å²) in [5.74, 6) is -2.00. The maximum absolute atomic E-state index is 12.3. The van der Waals surface area contributed by atoms with Crippen molar-refractivity contribution in [1.29, 1.82) is 0 Å². The minimum absolute atomic E-state index is 0.00326. The van der Waals surface area contributed by atoms with Gasteiger partial charge in [-0.1, -0.05) is 50.7 Å². The smallest absolute Gasteiger partial charge is 0.307 e. The molecular formula is C17H13BrCl3NO5S. The van der Waals surface area contributed by atoms with Crippen molar-refractivity contribution in [2.24, 2.45) is 0 Å². The Kier molecular flexibility index (Phi) is 8.15. The number of sulfone groups is 1. The van der Waals surface area contributed by atoms with Gasteiger partial charge in [0.2, 0.25) is 0 Å². The fourth-order valence-electron chi connectivity index (χ4n) is 2.04. The third-order valence-electron chi connectivity index (χ3n) is 3.37. The zero-order chi connectivity index (χ0) is 20.9. The Morgan fingerprint density at radius 1 is 1.04 bits per heavy atom. The van der Waals surface area contributed by atoms with E-state index < -0.39 is 40.5 Å². The van der Waals surface area contributed by atoms with Crippen LogP contribution < -0.4 is 5.32 Å². The Labute approximate surface area is 185 Å². The number of nitrogens with one attached hydrogen (secondary N) is 1. The highest BCUT2D eigenvalue weighted by molar-refractivity contribution is 9.10. The van der Waals surface area contributed by atoms with Gasteiger partial charge in [-0.15, -0.1) is 0 Å². The van der Waals surface area contributed by atoms with E-state index in [2.05, 4.69) is 21.2 Å². The molecule has 0 atom stereocenters. The van der Waals surface area contributed by atoms with Crippen LogP contribution in [0.4, 0.5) is 5.69 Å². The molecule has 2 rings (SSSR count). The molecule has 0 saturated carbocycles. The molecule has 0 radical (unpaired) electrons. The molecule has 0 spiro atoms. The minimum atomic E-state index is -3.84. The minimum Gasteiger partial charge on any atom is -0.456 e. The number of halogens is 4. The number of carbonyl (C=O) groups excluding carboxylic acids is 2. The first-order chi connectivity index (χ1) is 13.1. The number of esters is 1. The van der Waals surface area contributed by atoms with E-state index in [1.165, 1.54) is 18.2 Å². The van der Waals surface area contributed by atoms with Crippen LogP contribution in [0.3, 0.4) is 0 Å². The lowest BCUT2D eigenvalue weighted by Crippen LogP contribution is -2.22. The topological polar surface area (TPSA) is 89.5 Å². The summed E-state index contributed by atoms with van der Waals surface area (Å²) in [6.07, 6.45) is -0.447. The molecule has 0 heterocycles. The monoisotopic (exact) mass is 527 g/mol. The van der Waals surface area contributed by atoms with Crippen LogP contribution >= 0.6 is 50.7 Å². The van der Waals surface area contributed by atoms with Crippen LogP contribution in [0, 0.1) is 0 Å². The lowest BCUT2D eigenvalue weighted by molar-refractivity contribution is -0.146. The van der Waals surface area contributed by atoms with E-state index in [9.17, 15) is 18.0 Å². The van der Waals surface area contributed by atoms with E-state index in [-0.39, 0.29) is 14.9 Å². The molecule has 2 aromatic rings. The zero-order valence-electron chi connectivity index (χ0n) is 14.0. The van der Waals surface area contributed by atoms with Gasteiger partial charge in [0.25, 0.3) is 5.91 Å². The molecule has 0 saturated heterocycles. The predicted octanol–water partition coefficient (Wildman–Crippen LogP) is 4.76. The quantitative estimate of drug-likeness (QED) is 0.523.